The number of hydrogen-bond acceptors (Lipinski definition) is 5. The Bertz CT molecular complexity index is 1030. The summed E-state index contributed by atoms with van der Waals surface area (Å²) < 4.78 is 5.32. The summed E-state index contributed by atoms with van der Waals surface area (Å²) in [4.78, 5) is 36.3. The zero-order valence-electron chi connectivity index (χ0n) is 16.7. The molecule has 150 valence electrons. The smallest absolute Gasteiger partial charge is 0.251 e. The van der Waals surface area contributed by atoms with Crippen LogP contribution in [-0.2, 0) is 11.2 Å². The molecule has 0 aliphatic heterocycles. The number of pyridine rings is 1. The Labute approximate surface area is 169 Å². The van der Waals surface area contributed by atoms with Gasteiger partial charge in [0.05, 0.1) is 25.3 Å². The highest BCUT2D eigenvalue weighted by atomic mass is 16.5. The Balaban J connectivity index is 1.86. The van der Waals surface area contributed by atoms with E-state index in [1.165, 1.54) is 6.07 Å². The number of methoxy groups -OCH3 is 1. The van der Waals surface area contributed by atoms with Crippen LogP contribution in [0.25, 0.3) is 11.4 Å². The van der Waals surface area contributed by atoms with Crippen molar-refractivity contribution in [1.82, 2.24) is 20.3 Å². The first-order valence-electron chi connectivity index (χ1n) is 9.41. The van der Waals surface area contributed by atoms with Crippen molar-refractivity contribution in [1.29, 1.82) is 0 Å². The highest BCUT2D eigenvalue weighted by Crippen LogP contribution is 2.22. The summed E-state index contributed by atoms with van der Waals surface area (Å²) in [6, 6.07) is 12.0. The Morgan fingerprint density at radius 3 is 2.69 bits per heavy atom. The number of nitrogens with zero attached hydrogens (tertiary/aromatic N) is 2. The van der Waals surface area contributed by atoms with Gasteiger partial charge >= 0.3 is 0 Å². The maximum absolute atomic E-state index is 12.7. The molecule has 0 radical (unpaired) electrons. The third-order valence-corrected chi connectivity index (χ3v) is 4.54. The van der Waals surface area contributed by atoms with E-state index in [1.54, 1.807) is 25.6 Å². The SMILES string of the molecule is COc1ccccc1CC(=O)N[C@H](c1cc(=O)[nH]c(-c2cccnc2)n1)C(C)C. The van der Waals surface area contributed by atoms with Gasteiger partial charge in [-0.25, -0.2) is 4.98 Å². The molecule has 0 saturated heterocycles. The molecule has 29 heavy (non-hydrogen) atoms. The fraction of sp³-hybridized carbons (Fsp3) is 0.273. The lowest BCUT2D eigenvalue weighted by molar-refractivity contribution is -0.121. The van der Waals surface area contributed by atoms with Gasteiger partial charge in [-0.1, -0.05) is 32.0 Å². The minimum Gasteiger partial charge on any atom is -0.496 e. The highest BCUT2D eigenvalue weighted by molar-refractivity contribution is 5.79. The standard InChI is InChI=1S/C22H24N4O3/c1-14(2)21(25-19(27)11-15-7-4-5-9-18(15)29-3)17-12-20(28)26-22(24-17)16-8-6-10-23-13-16/h4-10,12-14,21H,11H2,1-3H3,(H,25,27)(H,24,26,28)/t21-/m0/s1. The minimum atomic E-state index is -0.407. The van der Waals surface area contributed by atoms with Crippen LogP contribution in [0.15, 0.2) is 59.7 Å². The summed E-state index contributed by atoms with van der Waals surface area (Å²) in [5, 5.41) is 3.01. The Hall–Kier alpha value is -3.48. The third-order valence-electron chi connectivity index (χ3n) is 4.54. The molecule has 7 heteroatoms. The van der Waals surface area contributed by atoms with E-state index >= 15 is 0 Å². The topological polar surface area (TPSA) is 97.0 Å². The molecule has 2 heterocycles. The van der Waals surface area contributed by atoms with Gasteiger partial charge in [0.1, 0.15) is 11.6 Å². The summed E-state index contributed by atoms with van der Waals surface area (Å²) >= 11 is 0. The molecule has 0 unspecified atom stereocenters. The molecule has 1 atom stereocenters. The Morgan fingerprint density at radius 2 is 2.00 bits per heavy atom. The first-order valence-corrected chi connectivity index (χ1v) is 9.41. The zero-order chi connectivity index (χ0) is 20.8. The fourth-order valence-corrected chi connectivity index (χ4v) is 3.10. The molecule has 0 saturated carbocycles. The molecule has 2 aromatic heterocycles. The van der Waals surface area contributed by atoms with Crippen LogP contribution in [0.4, 0.5) is 0 Å². The predicted molar refractivity (Wildman–Crippen MR) is 111 cm³/mol. The molecule has 0 aliphatic rings. The van der Waals surface area contributed by atoms with Crippen LogP contribution < -0.4 is 15.6 Å². The number of para-hydroxylation sites is 1. The average Bonchev–Trinajstić information content (AvgIpc) is 2.72. The van der Waals surface area contributed by atoms with Gasteiger partial charge in [0.25, 0.3) is 5.56 Å². The van der Waals surface area contributed by atoms with E-state index < -0.39 is 6.04 Å². The van der Waals surface area contributed by atoms with Crippen molar-refractivity contribution in [2.75, 3.05) is 7.11 Å². The maximum Gasteiger partial charge on any atom is 0.251 e. The molecule has 3 aromatic rings. The number of carbonyl (C=O) groups excluding carboxylic acids is 1. The van der Waals surface area contributed by atoms with E-state index in [1.807, 2.05) is 44.2 Å². The maximum atomic E-state index is 12.7. The van der Waals surface area contributed by atoms with Crippen LogP contribution in [0.2, 0.25) is 0 Å². The Morgan fingerprint density at radius 1 is 1.21 bits per heavy atom. The minimum absolute atomic E-state index is 0.0349. The molecule has 0 bridgehead atoms. The number of nitrogens with one attached hydrogen (secondary N) is 2. The van der Waals surface area contributed by atoms with Gasteiger partial charge in [-0.05, 0) is 24.1 Å². The molecular formula is C22H24N4O3. The predicted octanol–water partition coefficient (Wildman–Crippen LogP) is 2.90. The molecule has 1 amide bonds. The summed E-state index contributed by atoms with van der Waals surface area (Å²) in [5.41, 5.74) is 1.73. The molecule has 0 fully saturated rings. The van der Waals surface area contributed by atoms with Crippen molar-refractivity contribution in [3.8, 4) is 17.1 Å². The monoisotopic (exact) mass is 392 g/mol. The van der Waals surface area contributed by atoms with Gasteiger partial charge in [-0.2, -0.15) is 0 Å². The number of H-pyrrole nitrogens is 1. The highest BCUT2D eigenvalue weighted by Gasteiger charge is 2.22. The van der Waals surface area contributed by atoms with Crippen LogP contribution in [0.5, 0.6) is 5.75 Å². The first-order chi connectivity index (χ1) is 14.0. The quantitative estimate of drug-likeness (QED) is 0.644. The van der Waals surface area contributed by atoms with Crippen LogP contribution >= 0.6 is 0 Å². The van der Waals surface area contributed by atoms with Crippen molar-refractivity contribution in [2.45, 2.75) is 26.3 Å². The fourth-order valence-electron chi connectivity index (χ4n) is 3.10. The van der Waals surface area contributed by atoms with Crippen LogP contribution in [0.3, 0.4) is 0 Å². The van der Waals surface area contributed by atoms with Gasteiger partial charge in [-0.3, -0.25) is 14.6 Å². The van der Waals surface area contributed by atoms with Gasteiger partial charge in [-0.15, -0.1) is 0 Å². The van der Waals surface area contributed by atoms with E-state index in [9.17, 15) is 9.59 Å². The van der Waals surface area contributed by atoms with Gasteiger partial charge in [0, 0.05) is 29.6 Å². The molecule has 7 nitrogen and oxygen atoms in total. The van der Waals surface area contributed by atoms with Crippen molar-refractivity contribution >= 4 is 5.91 Å². The number of rotatable bonds is 7. The summed E-state index contributed by atoms with van der Waals surface area (Å²) in [6.07, 6.45) is 3.46. The largest absolute Gasteiger partial charge is 0.496 e. The van der Waals surface area contributed by atoms with Gasteiger partial charge < -0.3 is 15.0 Å². The summed E-state index contributed by atoms with van der Waals surface area (Å²) in [6.45, 7) is 3.95. The molecule has 0 aliphatic carbocycles. The van der Waals surface area contributed by atoms with Crippen molar-refractivity contribution in [3.05, 3.63) is 76.5 Å². The Kier molecular flexibility index (Phi) is 6.39. The zero-order valence-corrected chi connectivity index (χ0v) is 16.7. The van der Waals surface area contributed by atoms with Crippen molar-refractivity contribution in [2.24, 2.45) is 5.92 Å². The number of benzene rings is 1. The molecule has 3 rings (SSSR count). The lowest BCUT2D eigenvalue weighted by atomic mass is 9.99. The summed E-state index contributed by atoms with van der Waals surface area (Å²) in [7, 11) is 1.58. The van der Waals surface area contributed by atoms with E-state index in [0.717, 1.165) is 5.56 Å². The van der Waals surface area contributed by atoms with E-state index in [-0.39, 0.29) is 23.8 Å². The second-order valence-electron chi connectivity index (χ2n) is 7.04. The molecule has 0 spiro atoms. The van der Waals surface area contributed by atoms with E-state index in [0.29, 0.717) is 22.8 Å². The van der Waals surface area contributed by atoms with Crippen LogP contribution in [-0.4, -0.2) is 28.0 Å². The lowest BCUT2D eigenvalue weighted by Crippen LogP contribution is -2.34. The van der Waals surface area contributed by atoms with Crippen molar-refractivity contribution < 1.29 is 9.53 Å². The summed E-state index contributed by atoms with van der Waals surface area (Å²) in [5.74, 6) is 0.952. The number of hydrogen-bond donors (Lipinski definition) is 2. The number of aromatic amines is 1. The molecule has 1 aromatic carbocycles. The number of carbonyl (C=O) groups is 1. The van der Waals surface area contributed by atoms with E-state index in [4.69, 9.17) is 4.74 Å². The normalized spacial score (nSPS) is 11.9. The van der Waals surface area contributed by atoms with Crippen LogP contribution in [0.1, 0.15) is 31.1 Å². The first kappa shape index (κ1) is 20.3. The third kappa shape index (κ3) is 5.07. The molecular weight excluding hydrogens is 368 g/mol. The second-order valence-corrected chi connectivity index (χ2v) is 7.04. The lowest BCUT2D eigenvalue weighted by Gasteiger charge is -2.22. The van der Waals surface area contributed by atoms with E-state index in [2.05, 4.69) is 20.3 Å². The van der Waals surface area contributed by atoms with Gasteiger partial charge in [0.2, 0.25) is 5.91 Å². The number of ether oxygens (including phenoxy) is 1. The average molecular weight is 392 g/mol. The second kappa shape index (κ2) is 9.14. The van der Waals surface area contributed by atoms with Crippen LogP contribution in [0, 0.1) is 5.92 Å². The molecule has 2 N–H and O–H groups in total. The number of aromatic nitrogens is 3. The van der Waals surface area contributed by atoms with Crippen molar-refractivity contribution in [3.63, 3.8) is 0 Å². The van der Waals surface area contributed by atoms with Gasteiger partial charge in [0.15, 0.2) is 0 Å². The number of amides is 1.